The number of hydrogen-bond donors (Lipinski definition) is 1. The van der Waals surface area contributed by atoms with Crippen LogP contribution in [-0.2, 0) is 11.3 Å². The number of rotatable bonds is 4. The molecule has 3 rings (SSSR count). The molecule has 1 aliphatic heterocycles. The lowest BCUT2D eigenvalue weighted by Crippen LogP contribution is -2.38. The van der Waals surface area contributed by atoms with Gasteiger partial charge in [0.05, 0.1) is 5.69 Å². The van der Waals surface area contributed by atoms with Crippen molar-refractivity contribution in [3.05, 3.63) is 53.6 Å². The number of nitrogens with one attached hydrogen (secondary N) is 1. The number of fused-ring (bicyclic) bond motifs is 1. The molecule has 4 nitrogen and oxygen atoms in total. The first kappa shape index (κ1) is 14.4. The first-order chi connectivity index (χ1) is 10.7. The summed E-state index contributed by atoms with van der Waals surface area (Å²) in [5, 5.41) is 3.40. The molecule has 1 aliphatic rings. The summed E-state index contributed by atoms with van der Waals surface area (Å²) in [7, 11) is 0. The van der Waals surface area contributed by atoms with E-state index in [4.69, 9.17) is 4.74 Å². The van der Waals surface area contributed by atoms with Crippen molar-refractivity contribution in [2.45, 2.75) is 20.4 Å². The maximum absolute atomic E-state index is 11.8. The van der Waals surface area contributed by atoms with Crippen LogP contribution < -0.4 is 15.0 Å². The summed E-state index contributed by atoms with van der Waals surface area (Å²) >= 11 is 0. The zero-order chi connectivity index (χ0) is 15.5. The average Bonchev–Trinajstić information content (AvgIpc) is 2.53. The number of ether oxygens (including phenoxy) is 1. The highest BCUT2D eigenvalue weighted by Crippen LogP contribution is 2.34. The second-order valence-corrected chi connectivity index (χ2v) is 5.45. The van der Waals surface area contributed by atoms with Crippen molar-refractivity contribution < 1.29 is 9.53 Å². The molecular formula is C18H20N2O2. The van der Waals surface area contributed by atoms with Crippen LogP contribution in [0.4, 0.5) is 11.4 Å². The first-order valence-electron chi connectivity index (χ1n) is 7.54. The van der Waals surface area contributed by atoms with Gasteiger partial charge < -0.3 is 15.0 Å². The smallest absolute Gasteiger partial charge is 0.265 e. The van der Waals surface area contributed by atoms with Gasteiger partial charge in [-0.3, -0.25) is 4.79 Å². The van der Waals surface area contributed by atoms with Gasteiger partial charge in [-0.15, -0.1) is 0 Å². The quantitative estimate of drug-likeness (QED) is 0.940. The topological polar surface area (TPSA) is 41.6 Å². The Morgan fingerprint density at radius 3 is 2.86 bits per heavy atom. The SMILES string of the molecule is CCN1C(=O)COc2cc(NCc3cccc(C)c3)ccc21. The first-order valence-corrected chi connectivity index (χ1v) is 7.54. The summed E-state index contributed by atoms with van der Waals surface area (Å²) in [5.41, 5.74) is 4.33. The van der Waals surface area contributed by atoms with Crippen LogP contribution in [0.1, 0.15) is 18.1 Å². The molecule has 0 aliphatic carbocycles. The molecule has 0 saturated carbocycles. The maximum Gasteiger partial charge on any atom is 0.265 e. The van der Waals surface area contributed by atoms with E-state index in [1.54, 1.807) is 4.90 Å². The Kier molecular flexibility index (Phi) is 4.00. The van der Waals surface area contributed by atoms with Crippen LogP contribution in [-0.4, -0.2) is 19.1 Å². The highest BCUT2D eigenvalue weighted by atomic mass is 16.5. The molecule has 0 atom stereocenters. The Labute approximate surface area is 130 Å². The van der Waals surface area contributed by atoms with E-state index in [0.717, 1.165) is 23.7 Å². The maximum atomic E-state index is 11.8. The summed E-state index contributed by atoms with van der Waals surface area (Å²) in [6.07, 6.45) is 0. The van der Waals surface area contributed by atoms with Gasteiger partial charge >= 0.3 is 0 Å². The average molecular weight is 296 g/mol. The van der Waals surface area contributed by atoms with Gasteiger partial charge in [-0.25, -0.2) is 0 Å². The number of aryl methyl sites for hydroxylation is 1. The van der Waals surface area contributed by atoms with Crippen LogP contribution in [0, 0.1) is 6.92 Å². The lowest BCUT2D eigenvalue weighted by atomic mass is 10.1. The molecule has 2 aromatic carbocycles. The minimum Gasteiger partial charge on any atom is -0.481 e. The van der Waals surface area contributed by atoms with Gasteiger partial charge in [-0.05, 0) is 31.5 Å². The number of carbonyl (C=O) groups excluding carboxylic acids is 1. The molecule has 1 heterocycles. The van der Waals surface area contributed by atoms with Crippen molar-refractivity contribution in [3.8, 4) is 5.75 Å². The molecular weight excluding hydrogens is 276 g/mol. The van der Waals surface area contributed by atoms with E-state index < -0.39 is 0 Å². The fourth-order valence-electron chi connectivity index (χ4n) is 2.69. The van der Waals surface area contributed by atoms with Crippen LogP contribution in [0.25, 0.3) is 0 Å². The molecule has 0 fully saturated rings. The molecule has 0 unspecified atom stereocenters. The van der Waals surface area contributed by atoms with Crippen molar-refractivity contribution in [1.29, 1.82) is 0 Å². The Bertz CT molecular complexity index is 697. The lowest BCUT2D eigenvalue weighted by molar-refractivity contribution is -0.121. The van der Waals surface area contributed by atoms with Crippen LogP contribution in [0.15, 0.2) is 42.5 Å². The van der Waals surface area contributed by atoms with Gasteiger partial charge in [0.1, 0.15) is 5.75 Å². The van der Waals surface area contributed by atoms with E-state index in [2.05, 4.69) is 36.5 Å². The molecule has 0 saturated heterocycles. The minimum absolute atomic E-state index is 0.00969. The number of benzene rings is 2. The highest BCUT2D eigenvalue weighted by molar-refractivity contribution is 5.98. The van der Waals surface area contributed by atoms with Gasteiger partial charge in [-0.1, -0.05) is 29.8 Å². The summed E-state index contributed by atoms with van der Waals surface area (Å²) < 4.78 is 5.55. The van der Waals surface area contributed by atoms with Gasteiger partial charge in [0.2, 0.25) is 0 Å². The Balaban J connectivity index is 1.75. The van der Waals surface area contributed by atoms with Gasteiger partial charge in [-0.2, -0.15) is 0 Å². The zero-order valence-electron chi connectivity index (χ0n) is 12.9. The van der Waals surface area contributed by atoms with Crippen molar-refractivity contribution in [3.63, 3.8) is 0 Å². The van der Waals surface area contributed by atoms with Crippen molar-refractivity contribution in [2.24, 2.45) is 0 Å². The standard InChI is InChI=1S/C18H20N2O2/c1-3-20-16-8-7-15(10-17(16)22-12-18(20)21)19-11-14-6-4-5-13(2)9-14/h4-10,19H,3,11-12H2,1-2H3. The summed E-state index contributed by atoms with van der Waals surface area (Å²) in [5.74, 6) is 0.770. The number of hydrogen-bond acceptors (Lipinski definition) is 3. The number of nitrogens with zero attached hydrogens (tertiary/aromatic N) is 1. The molecule has 22 heavy (non-hydrogen) atoms. The predicted octanol–water partition coefficient (Wildman–Crippen LogP) is 3.35. The molecule has 1 amide bonds. The lowest BCUT2D eigenvalue weighted by Gasteiger charge is -2.28. The molecule has 114 valence electrons. The van der Waals surface area contributed by atoms with Gasteiger partial charge in [0, 0.05) is 24.8 Å². The molecule has 0 aromatic heterocycles. The van der Waals surface area contributed by atoms with E-state index in [1.165, 1.54) is 11.1 Å². The highest BCUT2D eigenvalue weighted by Gasteiger charge is 2.24. The summed E-state index contributed by atoms with van der Waals surface area (Å²) in [6.45, 7) is 5.59. The largest absolute Gasteiger partial charge is 0.481 e. The third kappa shape index (κ3) is 2.91. The number of amides is 1. The van der Waals surface area contributed by atoms with Gasteiger partial charge in [0.15, 0.2) is 6.61 Å². The summed E-state index contributed by atoms with van der Waals surface area (Å²) in [6, 6.07) is 14.3. The predicted molar refractivity (Wildman–Crippen MR) is 88.5 cm³/mol. The van der Waals surface area contributed by atoms with Crippen LogP contribution in [0.3, 0.4) is 0 Å². The Hall–Kier alpha value is -2.49. The third-order valence-electron chi connectivity index (χ3n) is 3.80. The second-order valence-electron chi connectivity index (χ2n) is 5.45. The number of likely N-dealkylation sites (N-methyl/N-ethyl adjacent to an activating group) is 1. The monoisotopic (exact) mass is 296 g/mol. The Morgan fingerprint density at radius 1 is 1.23 bits per heavy atom. The zero-order valence-corrected chi connectivity index (χ0v) is 12.9. The molecule has 0 bridgehead atoms. The molecule has 2 aromatic rings. The number of carbonyl (C=O) groups is 1. The summed E-state index contributed by atoms with van der Waals surface area (Å²) in [4.78, 5) is 13.6. The van der Waals surface area contributed by atoms with Crippen LogP contribution in [0.2, 0.25) is 0 Å². The molecule has 0 radical (unpaired) electrons. The molecule has 0 spiro atoms. The van der Waals surface area contributed by atoms with E-state index in [0.29, 0.717) is 6.54 Å². The van der Waals surface area contributed by atoms with Gasteiger partial charge in [0.25, 0.3) is 5.91 Å². The van der Waals surface area contributed by atoms with Crippen LogP contribution >= 0.6 is 0 Å². The van der Waals surface area contributed by atoms with Crippen molar-refractivity contribution in [2.75, 3.05) is 23.4 Å². The van der Waals surface area contributed by atoms with Crippen molar-refractivity contribution in [1.82, 2.24) is 0 Å². The molecule has 1 N–H and O–H groups in total. The van der Waals surface area contributed by atoms with E-state index in [1.807, 2.05) is 25.1 Å². The molecule has 4 heteroatoms. The van der Waals surface area contributed by atoms with E-state index in [9.17, 15) is 4.79 Å². The minimum atomic E-state index is 0.00969. The van der Waals surface area contributed by atoms with Crippen LogP contribution in [0.5, 0.6) is 5.75 Å². The fraction of sp³-hybridized carbons (Fsp3) is 0.278. The second kappa shape index (κ2) is 6.10. The number of anilines is 2. The normalized spacial score (nSPS) is 13.5. The van der Waals surface area contributed by atoms with E-state index in [-0.39, 0.29) is 12.5 Å². The third-order valence-corrected chi connectivity index (χ3v) is 3.80. The van der Waals surface area contributed by atoms with Crippen molar-refractivity contribution >= 4 is 17.3 Å². The Morgan fingerprint density at radius 2 is 2.09 bits per heavy atom. The van der Waals surface area contributed by atoms with E-state index >= 15 is 0 Å². The fourth-order valence-corrected chi connectivity index (χ4v) is 2.69.